The molecule has 4 rings (SSSR count). The largest absolute Gasteiger partial charge is 0.493 e. The molecule has 3 aromatic rings. The monoisotopic (exact) mass is 432 g/mol. The molecular weight excluding hydrogens is 408 g/mol. The number of nitrogens with zero attached hydrogens (tertiary/aromatic N) is 3. The van der Waals surface area contributed by atoms with Crippen molar-refractivity contribution in [3.05, 3.63) is 86.1 Å². The molecule has 2 heterocycles. The summed E-state index contributed by atoms with van der Waals surface area (Å²) in [6.07, 6.45) is 4.41. The number of aryl methyl sites for hydroxylation is 1. The summed E-state index contributed by atoms with van der Waals surface area (Å²) in [5.41, 5.74) is 0.799. The van der Waals surface area contributed by atoms with Gasteiger partial charge >= 0.3 is 5.69 Å². The summed E-state index contributed by atoms with van der Waals surface area (Å²) < 4.78 is 1.02. The third-order valence-electron chi connectivity index (χ3n) is 5.48. The summed E-state index contributed by atoms with van der Waals surface area (Å²) in [7, 11) is 0. The van der Waals surface area contributed by atoms with Gasteiger partial charge in [0, 0.05) is 24.9 Å². The first-order valence-corrected chi connectivity index (χ1v) is 10.5. The number of aliphatic imine (C=N–C) groups is 1. The topological polar surface area (TPSA) is 108 Å². The number of aromatic hydroxyl groups is 1. The summed E-state index contributed by atoms with van der Waals surface area (Å²) in [5.74, 6) is -0.496. The number of nitrogens with one attached hydrogen (secondary N) is 1. The van der Waals surface area contributed by atoms with Crippen LogP contribution >= 0.6 is 0 Å². The van der Waals surface area contributed by atoms with Gasteiger partial charge in [0.05, 0.1) is 11.4 Å². The first kappa shape index (κ1) is 21.3. The van der Waals surface area contributed by atoms with Gasteiger partial charge in [-0.1, -0.05) is 12.1 Å². The summed E-state index contributed by atoms with van der Waals surface area (Å²) in [6.45, 7) is 3.41. The third kappa shape index (κ3) is 4.39. The molecular formula is C24H24N4O4. The fourth-order valence-corrected chi connectivity index (χ4v) is 3.77. The lowest BCUT2D eigenvalue weighted by molar-refractivity contribution is 0.0724. The highest BCUT2D eigenvalue weighted by Gasteiger charge is 2.18. The standard InChI is InChI=1S/C24H24N4O4/c1-16-6-5-7-19(14-16)28-23(31)20(21(29)26-24(28)32)15-25-18-10-8-17(9-11-18)22(30)27-12-3-2-4-13-27/h5-11,14-15,31H,2-4,12-13H2,1H3,(H,26,29,32). The maximum absolute atomic E-state index is 12.6. The molecule has 8 nitrogen and oxygen atoms in total. The zero-order chi connectivity index (χ0) is 22.7. The molecule has 2 N–H and O–H groups in total. The van der Waals surface area contributed by atoms with Crippen LogP contribution in [0.5, 0.6) is 5.88 Å². The van der Waals surface area contributed by atoms with Crippen molar-refractivity contribution in [1.82, 2.24) is 14.5 Å². The molecule has 32 heavy (non-hydrogen) atoms. The molecule has 1 amide bonds. The first-order valence-electron chi connectivity index (χ1n) is 10.5. The molecule has 0 atom stereocenters. The number of hydrogen-bond donors (Lipinski definition) is 2. The quantitative estimate of drug-likeness (QED) is 0.618. The van der Waals surface area contributed by atoms with Crippen molar-refractivity contribution >= 4 is 17.8 Å². The molecule has 1 fully saturated rings. The van der Waals surface area contributed by atoms with Crippen LogP contribution in [0.15, 0.2) is 63.1 Å². The van der Waals surface area contributed by atoms with Crippen LogP contribution in [0.1, 0.15) is 40.7 Å². The Morgan fingerprint density at radius 3 is 2.47 bits per heavy atom. The van der Waals surface area contributed by atoms with Crippen LogP contribution in [0.4, 0.5) is 5.69 Å². The van der Waals surface area contributed by atoms with Gasteiger partial charge in [-0.2, -0.15) is 0 Å². The van der Waals surface area contributed by atoms with E-state index in [0.717, 1.165) is 42.5 Å². The molecule has 1 saturated heterocycles. The van der Waals surface area contributed by atoms with Gasteiger partial charge in [0.15, 0.2) is 0 Å². The summed E-state index contributed by atoms with van der Waals surface area (Å²) >= 11 is 0. The van der Waals surface area contributed by atoms with Crippen molar-refractivity contribution in [2.75, 3.05) is 13.1 Å². The van der Waals surface area contributed by atoms with Crippen LogP contribution in [0, 0.1) is 6.92 Å². The average Bonchev–Trinajstić information content (AvgIpc) is 2.79. The highest BCUT2D eigenvalue weighted by atomic mass is 16.3. The molecule has 0 spiro atoms. The van der Waals surface area contributed by atoms with E-state index in [1.807, 2.05) is 17.9 Å². The molecule has 0 unspecified atom stereocenters. The summed E-state index contributed by atoms with van der Waals surface area (Å²) in [4.78, 5) is 45.5. The lowest BCUT2D eigenvalue weighted by Gasteiger charge is -2.26. The van der Waals surface area contributed by atoms with Crippen LogP contribution in [-0.2, 0) is 0 Å². The molecule has 8 heteroatoms. The molecule has 164 valence electrons. The maximum atomic E-state index is 12.6. The molecule has 1 aliphatic rings. The van der Waals surface area contributed by atoms with Crippen molar-refractivity contribution in [2.45, 2.75) is 26.2 Å². The minimum atomic E-state index is -0.740. The third-order valence-corrected chi connectivity index (χ3v) is 5.48. The Morgan fingerprint density at radius 1 is 1.06 bits per heavy atom. The van der Waals surface area contributed by atoms with Crippen LogP contribution in [0.25, 0.3) is 5.69 Å². The zero-order valence-corrected chi connectivity index (χ0v) is 17.7. The van der Waals surface area contributed by atoms with Crippen molar-refractivity contribution in [1.29, 1.82) is 0 Å². The minimum absolute atomic E-state index is 0.000417. The number of piperidine rings is 1. The van der Waals surface area contributed by atoms with Gasteiger partial charge in [-0.3, -0.25) is 19.6 Å². The van der Waals surface area contributed by atoms with Crippen molar-refractivity contribution in [3.63, 3.8) is 0 Å². The van der Waals surface area contributed by atoms with E-state index in [1.165, 1.54) is 6.21 Å². The van der Waals surface area contributed by atoms with E-state index < -0.39 is 17.1 Å². The highest BCUT2D eigenvalue weighted by molar-refractivity contribution is 5.94. The van der Waals surface area contributed by atoms with Gasteiger partial charge in [0.1, 0.15) is 5.56 Å². The van der Waals surface area contributed by atoms with E-state index in [-0.39, 0.29) is 11.5 Å². The predicted octanol–water partition coefficient (Wildman–Crippen LogP) is 2.92. The number of benzene rings is 2. The normalized spacial score (nSPS) is 14.1. The summed E-state index contributed by atoms with van der Waals surface area (Å²) in [5, 5.41) is 10.6. The second-order valence-corrected chi connectivity index (χ2v) is 7.83. The van der Waals surface area contributed by atoms with Gasteiger partial charge in [0.2, 0.25) is 5.88 Å². The van der Waals surface area contributed by atoms with Crippen LogP contribution < -0.4 is 11.2 Å². The zero-order valence-electron chi connectivity index (χ0n) is 17.7. The first-order chi connectivity index (χ1) is 15.4. The Hall–Kier alpha value is -3.94. The highest BCUT2D eigenvalue weighted by Crippen LogP contribution is 2.19. The van der Waals surface area contributed by atoms with Crippen LogP contribution in [0.3, 0.4) is 0 Å². The predicted molar refractivity (Wildman–Crippen MR) is 123 cm³/mol. The molecule has 1 aliphatic heterocycles. The lowest BCUT2D eigenvalue weighted by Crippen LogP contribution is -2.35. The summed E-state index contributed by atoms with van der Waals surface area (Å²) in [6, 6.07) is 13.7. The Balaban J connectivity index is 1.61. The maximum Gasteiger partial charge on any atom is 0.335 e. The Bertz CT molecular complexity index is 1280. The number of amides is 1. The number of likely N-dealkylation sites (tertiary alicyclic amines) is 1. The molecule has 0 radical (unpaired) electrons. The van der Waals surface area contributed by atoms with E-state index in [9.17, 15) is 19.5 Å². The van der Waals surface area contributed by atoms with Gasteiger partial charge in [0.25, 0.3) is 11.5 Å². The Labute approximate surface area is 184 Å². The number of carbonyl (C=O) groups is 1. The van der Waals surface area contributed by atoms with Gasteiger partial charge in [-0.25, -0.2) is 9.36 Å². The number of hydrogen-bond acceptors (Lipinski definition) is 5. The van der Waals surface area contributed by atoms with E-state index in [2.05, 4.69) is 9.98 Å². The van der Waals surface area contributed by atoms with Crippen molar-refractivity contribution < 1.29 is 9.90 Å². The van der Waals surface area contributed by atoms with Crippen LogP contribution in [0.2, 0.25) is 0 Å². The fraction of sp³-hybridized carbons (Fsp3) is 0.250. The smallest absolute Gasteiger partial charge is 0.335 e. The second kappa shape index (κ2) is 9.05. The van der Waals surface area contributed by atoms with E-state index in [1.54, 1.807) is 42.5 Å². The van der Waals surface area contributed by atoms with Gasteiger partial charge in [-0.15, -0.1) is 0 Å². The lowest BCUT2D eigenvalue weighted by atomic mass is 10.1. The average molecular weight is 432 g/mol. The number of H-pyrrole nitrogens is 1. The Morgan fingerprint density at radius 2 is 1.78 bits per heavy atom. The number of rotatable bonds is 4. The minimum Gasteiger partial charge on any atom is -0.493 e. The van der Waals surface area contributed by atoms with Gasteiger partial charge in [-0.05, 0) is 68.1 Å². The molecule has 1 aromatic heterocycles. The van der Waals surface area contributed by atoms with Crippen molar-refractivity contribution in [3.8, 4) is 11.6 Å². The fourth-order valence-electron chi connectivity index (χ4n) is 3.77. The van der Waals surface area contributed by atoms with E-state index in [0.29, 0.717) is 16.9 Å². The van der Waals surface area contributed by atoms with Crippen LogP contribution in [-0.4, -0.2) is 44.8 Å². The molecule has 0 bridgehead atoms. The number of aromatic nitrogens is 2. The van der Waals surface area contributed by atoms with E-state index >= 15 is 0 Å². The molecule has 0 aliphatic carbocycles. The van der Waals surface area contributed by atoms with Crippen molar-refractivity contribution in [2.24, 2.45) is 4.99 Å². The SMILES string of the molecule is Cc1cccc(-n2c(O)c(C=Nc3ccc(C(=O)N4CCCCC4)cc3)c(=O)[nH]c2=O)c1. The van der Waals surface area contributed by atoms with E-state index in [4.69, 9.17) is 0 Å². The van der Waals surface area contributed by atoms with Gasteiger partial charge < -0.3 is 10.0 Å². The number of carbonyl (C=O) groups excluding carboxylic acids is 1. The molecule has 0 saturated carbocycles. The molecule has 2 aromatic carbocycles. The Kier molecular flexibility index (Phi) is 6.02. The second-order valence-electron chi connectivity index (χ2n) is 7.83. The number of aromatic amines is 1.